The van der Waals surface area contributed by atoms with Gasteiger partial charge in [-0.3, -0.25) is 20.2 Å². The van der Waals surface area contributed by atoms with E-state index in [2.05, 4.69) is 25.9 Å². The number of para-hydroxylation sites is 2. The molecule has 1 saturated heterocycles. The van der Waals surface area contributed by atoms with E-state index in [1.807, 2.05) is 24.3 Å². The lowest BCUT2D eigenvalue weighted by molar-refractivity contribution is -0.124. The Morgan fingerprint density at radius 2 is 2.10 bits per heavy atom. The standard InChI is InChI=1S/C12H11N5O3/c18-9(5-8-10(19)17-12(20)15-8)16-11-13-6-3-1-2-4-7(6)14-11/h1-4,8H,5H2,(H2,13,14,16,18)(H2,15,17,19,20). The second-order valence-corrected chi connectivity index (χ2v) is 4.37. The summed E-state index contributed by atoms with van der Waals surface area (Å²) in [6.07, 6.45) is -0.144. The number of anilines is 1. The summed E-state index contributed by atoms with van der Waals surface area (Å²) in [6, 6.07) is 5.91. The highest BCUT2D eigenvalue weighted by Gasteiger charge is 2.31. The predicted molar refractivity (Wildman–Crippen MR) is 69.8 cm³/mol. The molecule has 20 heavy (non-hydrogen) atoms. The van der Waals surface area contributed by atoms with Crippen LogP contribution >= 0.6 is 0 Å². The van der Waals surface area contributed by atoms with Gasteiger partial charge in [-0.15, -0.1) is 0 Å². The fraction of sp³-hybridized carbons (Fsp3) is 0.167. The zero-order chi connectivity index (χ0) is 14.1. The SMILES string of the molecule is O=C(CC1NC(=O)NC1=O)Nc1nc2ccccc2[nH]1. The number of H-pyrrole nitrogens is 1. The van der Waals surface area contributed by atoms with E-state index in [1.54, 1.807) is 0 Å². The highest BCUT2D eigenvalue weighted by atomic mass is 16.2. The van der Waals surface area contributed by atoms with Gasteiger partial charge in [-0.25, -0.2) is 9.78 Å². The number of fused-ring (bicyclic) bond motifs is 1. The van der Waals surface area contributed by atoms with Crippen molar-refractivity contribution in [3.05, 3.63) is 24.3 Å². The van der Waals surface area contributed by atoms with Crippen LogP contribution in [0.25, 0.3) is 11.0 Å². The number of hydrogen-bond acceptors (Lipinski definition) is 4. The molecular weight excluding hydrogens is 262 g/mol. The maximum absolute atomic E-state index is 11.8. The summed E-state index contributed by atoms with van der Waals surface area (Å²) in [6.45, 7) is 0. The number of rotatable bonds is 3. The number of urea groups is 1. The minimum atomic E-state index is -0.841. The molecule has 1 fully saturated rings. The van der Waals surface area contributed by atoms with Gasteiger partial charge in [-0.05, 0) is 12.1 Å². The largest absolute Gasteiger partial charge is 0.325 e. The summed E-state index contributed by atoms with van der Waals surface area (Å²) in [5.41, 5.74) is 1.53. The zero-order valence-electron chi connectivity index (χ0n) is 10.3. The summed E-state index contributed by atoms with van der Waals surface area (Å²) < 4.78 is 0. The first-order chi connectivity index (χ1) is 9.61. The van der Waals surface area contributed by atoms with Crippen molar-refractivity contribution >= 4 is 34.8 Å². The monoisotopic (exact) mass is 273 g/mol. The number of nitrogens with zero attached hydrogens (tertiary/aromatic N) is 1. The van der Waals surface area contributed by atoms with Gasteiger partial charge >= 0.3 is 6.03 Å². The third-order valence-electron chi connectivity index (χ3n) is 2.90. The van der Waals surface area contributed by atoms with E-state index in [0.29, 0.717) is 5.95 Å². The van der Waals surface area contributed by atoms with E-state index in [1.165, 1.54) is 0 Å². The van der Waals surface area contributed by atoms with Crippen LogP contribution in [0.5, 0.6) is 0 Å². The average molecular weight is 273 g/mol. The first kappa shape index (κ1) is 12.2. The number of benzene rings is 1. The Kier molecular flexibility index (Phi) is 2.82. The van der Waals surface area contributed by atoms with Crippen molar-refractivity contribution in [1.29, 1.82) is 0 Å². The van der Waals surface area contributed by atoms with Crippen molar-refractivity contribution in [1.82, 2.24) is 20.6 Å². The normalized spacial score (nSPS) is 17.9. The van der Waals surface area contributed by atoms with Gasteiger partial charge in [0.05, 0.1) is 17.5 Å². The highest BCUT2D eigenvalue weighted by Crippen LogP contribution is 2.13. The molecule has 0 bridgehead atoms. The van der Waals surface area contributed by atoms with Crippen LogP contribution in [0.2, 0.25) is 0 Å². The number of carbonyl (C=O) groups is 3. The molecule has 0 saturated carbocycles. The van der Waals surface area contributed by atoms with Crippen LogP contribution in [-0.4, -0.2) is 33.9 Å². The van der Waals surface area contributed by atoms with E-state index < -0.39 is 23.9 Å². The van der Waals surface area contributed by atoms with E-state index in [4.69, 9.17) is 0 Å². The van der Waals surface area contributed by atoms with Crippen molar-refractivity contribution < 1.29 is 14.4 Å². The van der Waals surface area contributed by atoms with Gasteiger partial charge in [0.15, 0.2) is 0 Å². The van der Waals surface area contributed by atoms with Crippen molar-refractivity contribution in [2.24, 2.45) is 0 Å². The molecule has 8 heteroatoms. The first-order valence-electron chi connectivity index (χ1n) is 5.98. The number of imidazole rings is 1. The van der Waals surface area contributed by atoms with Crippen molar-refractivity contribution in [3.63, 3.8) is 0 Å². The lowest BCUT2D eigenvalue weighted by Crippen LogP contribution is -2.33. The average Bonchev–Trinajstić information content (AvgIpc) is 2.92. The Morgan fingerprint density at radius 1 is 1.30 bits per heavy atom. The Hall–Kier alpha value is -2.90. The maximum atomic E-state index is 11.8. The van der Waals surface area contributed by atoms with Gasteiger partial charge in [0.25, 0.3) is 5.91 Å². The first-order valence-corrected chi connectivity index (χ1v) is 5.98. The number of amides is 4. The summed E-state index contributed by atoms with van der Waals surface area (Å²) >= 11 is 0. The second kappa shape index (κ2) is 4.65. The summed E-state index contributed by atoms with van der Waals surface area (Å²) in [7, 11) is 0. The molecule has 0 spiro atoms. The van der Waals surface area contributed by atoms with Crippen LogP contribution < -0.4 is 16.0 Å². The van der Waals surface area contributed by atoms with E-state index in [-0.39, 0.29) is 6.42 Å². The molecule has 1 aromatic heterocycles. The van der Waals surface area contributed by atoms with Gasteiger partial charge in [0.2, 0.25) is 11.9 Å². The summed E-state index contributed by atoms with van der Waals surface area (Å²) in [5, 5.41) is 6.98. The number of imide groups is 1. The van der Waals surface area contributed by atoms with Gasteiger partial charge in [-0.2, -0.15) is 0 Å². The van der Waals surface area contributed by atoms with E-state index in [0.717, 1.165) is 11.0 Å². The smallest absolute Gasteiger partial charge is 0.322 e. The lowest BCUT2D eigenvalue weighted by Gasteiger charge is -2.06. The molecule has 2 heterocycles. The van der Waals surface area contributed by atoms with Gasteiger partial charge < -0.3 is 10.3 Å². The Balaban J connectivity index is 1.66. The molecule has 0 aliphatic carbocycles. The van der Waals surface area contributed by atoms with Crippen molar-refractivity contribution in [2.75, 3.05) is 5.32 Å². The molecule has 0 radical (unpaired) electrons. The minimum Gasteiger partial charge on any atom is -0.325 e. The topological polar surface area (TPSA) is 116 Å². The predicted octanol–water partition coefficient (Wildman–Crippen LogP) is 0.0995. The number of aromatic nitrogens is 2. The van der Waals surface area contributed by atoms with Crippen molar-refractivity contribution in [2.45, 2.75) is 12.5 Å². The fourth-order valence-electron chi connectivity index (χ4n) is 1.98. The molecule has 8 nitrogen and oxygen atoms in total. The third-order valence-corrected chi connectivity index (χ3v) is 2.90. The second-order valence-electron chi connectivity index (χ2n) is 4.37. The minimum absolute atomic E-state index is 0.144. The molecule has 4 N–H and O–H groups in total. The Morgan fingerprint density at radius 3 is 2.80 bits per heavy atom. The molecule has 1 aliphatic heterocycles. The van der Waals surface area contributed by atoms with Gasteiger partial charge in [-0.1, -0.05) is 12.1 Å². The highest BCUT2D eigenvalue weighted by molar-refractivity contribution is 6.06. The maximum Gasteiger partial charge on any atom is 0.322 e. The molecular formula is C12H11N5O3. The quantitative estimate of drug-likeness (QED) is 0.593. The van der Waals surface area contributed by atoms with Crippen LogP contribution in [0, 0.1) is 0 Å². The van der Waals surface area contributed by atoms with Crippen molar-refractivity contribution in [3.8, 4) is 0 Å². The molecule has 102 valence electrons. The van der Waals surface area contributed by atoms with Gasteiger partial charge in [0, 0.05) is 0 Å². The number of aromatic amines is 1. The Labute approximate surface area is 112 Å². The molecule has 3 rings (SSSR count). The van der Waals surface area contributed by atoms with Crippen LogP contribution in [0.3, 0.4) is 0 Å². The molecule has 1 aromatic carbocycles. The number of hydrogen-bond donors (Lipinski definition) is 4. The van der Waals surface area contributed by atoms with Gasteiger partial charge in [0.1, 0.15) is 6.04 Å². The molecule has 2 aromatic rings. The molecule has 1 atom stereocenters. The summed E-state index contributed by atoms with van der Waals surface area (Å²) in [4.78, 5) is 41.2. The number of carbonyl (C=O) groups excluding carboxylic acids is 3. The fourth-order valence-corrected chi connectivity index (χ4v) is 1.98. The van der Waals surface area contributed by atoms with E-state index >= 15 is 0 Å². The Bertz CT molecular complexity index is 675. The summed E-state index contributed by atoms with van der Waals surface area (Å²) in [5.74, 6) is -0.609. The zero-order valence-corrected chi connectivity index (χ0v) is 10.3. The third kappa shape index (κ3) is 2.30. The van der Waals surface area contributed by atoms with Crippen LogP contribution in [0.1, 0.15) is 6.42 Å². The van der Waals surface area contributed by atoms with Crippen LogP contribution in [0.4, 0.5) is 10.7 Å². The molecule has 1 unspecified atom stereocenters. The van der Waals surface area contributed by atoms with E-state index in [9.17, 15) is 14.4 Å². The molecule has 1 aliphatic rings. The van der Waals surface area contributed by atoms with Crippen LogP contribution in [0.15, 0.2) is 24.3 Å². The lowest BCUT2D eigenvalue weighted by atomic mass is 10.2. The number of nitrogens with one attached hydrogen (secondary N) is 4. The molecule has 4 amide bonds. The van der Waals surface area contributed by atoms with Crippen LogP contribution in [-0.2, 0) is 9.59 Å².